The molecule has 0 amide bonds. The molecule has 25 heavy (non-hydrogen) atoms. The summed E-state index contributed by atoms with van der Waals surface area (Å²) in [6.45, 7) is 9.06. The molecule has 0 aliphatic heterocycles. The number of ether oxygens (including phenoxy) is 1. The van der Waals surface area contributed by atoms with Crippen molar-refractivity contribution >= 4 is 0 Å². The maximum atomic E-state index is 6.41. The topological polar surface area (TPSA) is 48.1 Å². The zero-order valence-electron chi connectivity index (χ0n) is 15.9. The first-order valence-corrected chi connectivity index (χ1v) is 9.33. The Hall–Kier alpha value is -1.87. The van der Waals surface area contributed by atoms with Crippen LogP contribution in [0.2, 0.25) is 0 Å². The van der Waals surface area contributed by atoms with Gasteiger partial charge in [0, 0.05) is 17.4 Å². The average Bonchev–Trinajstić information content (AvgIpc) is 3.36. The van der Waals surface area contributed by atoms with Crippen LogP contribution in [-0.2, 0) is 0 Å². The van der Waals surface area contributed by atoms with Crippen molar-refractivity contribution < 1.29 is 4.74 Å². The molecule has 134 valence electrons. The van der Waals surface area contributed by atoms with E-state index in [0.29, 0.717) is 18.4 Å². The third-order valence-corrected chi connectivity index (χ3v) is 4.69. The summed E-state index contributed by atoms with van der Waals surface area (Å²) in [5, 5.41) is 0. The van der Waals surface area contributed by atoms with Crippen LogP contribution in [0.5, 0.6) is 5.75 Å². The van der Waals surface area contributed by atoms with Crippen molar-refractivity contribution in [3.05, 3.63) is 47.8 Å². The Bertz CT molecular complexity index is 733. The lowest BCUT2D eigenvalue weighted by atomic mass is 9.92. The molecule has 1 atom stereocenters. The van der Waals surface area contributed by atoms with E-state index < -0.39 is 0 Å². The molecule has 1 aromatic carbocycles. The van der Waals surface area contributed by atoms with Gasteiger partial charge in [-0.25, -0.2) is 0 Å². The SMILES string of the molecule is Cc1cc(-c2ccc(OC[C@@](C)(N)CC(C)C)c(C3CC3)c2)ccn1. The van der Waals surface area contributed by atoms with Crippen molar-refractivity contribution in [1.82, 2.24) is 4.98 Å². The number of nitrogens with zero attached hydrogens (tertiary/aromatic N) is 1. The molecule has 0 bridgehead atoms. The summed E-state index contributed by atoms with van der Waals surface area (Å²) >= 11 is 0. The van der Waals surface area contributed by atoms with Crippen LogP contribution in [0.25, 0.3) is 11.1 Å². The number of benzene rings is 1. The van der Waals surface area contributed by atoms with Gasteiger partial charge in [0.15, 0.2) is 0 Å². The quantitative estimate of drug-likeness (QED) is 0.766. The van der Waals surface area contributed by atoms with Crippen LogP contribution < -0.4 is 10.5 Å². The first-order valence-electron chi connectivity index (χ1n) is 9.33. The number of hydrogen-bond acceptors (Lipinski definition) is 3. The zero-order chi connectivity index (χ0) is 18.0. The highest BCUT2D eigenvalue weighted by Crippen LogP contribution is 2.45. The number of pyridine rings is 1. The largest absolute Gasteiger partial charge is 0.491 e. The van der Waals surface area contributed by atoms with Crippen LogP contribution in [0.1, 0.15) is 57.2 Å². The molecule has 1 fully saturated rings. The van der Waals surface area contributed by atoms with Gasteiger partial charge in [-0.3, -0.25) is 4.98 Å². The van der Waals surface area contributed by atoms with Crippen molar-refractivity contribution in [1.29, 1.82) is 0 Å². The Labute approximate surface area is 151 Å². The van der Waals surface area contributed by atoms with Gasteiger partial charge >= 0.3 is 0 Å². The van der Waals surface area contributed by atoms with Gasteiger partial charge in [-0.1, -0.05) is 19.9 Å². The van der Waals surface area contributed by atoms with Crippen LogP contribution in [0.4, 0.5) is 0 Å². The second-order valence-corrected chi connectivity index (χ2v) is 8.25. The lowest BCUT2D eigenvalue weighted by molar-refractivity contribution is 0.205. The van der Waals surface area contributed by atoms with Crippen molar-refractivity contribution in [3.63, 3.8) is 0 Å². The Morgan fingerprint density at radius 1 is 1.20 bits per heavy atom. The maximum absolute atomic E-state index is 6.41. The average molecular weight is 338 g/mol. The summed E-state index contributed by atoms with van der Waals surface area (Å²) in [5.74, 6) is 2.20. The second kappa shape index (κ2) is 7.17. The molecule has 0 spiro atoms. The Morgan fingerprint density at radius 3 is 2.56 bits per heavy atom. The summed E-state index contributed by atoms with van der Waals surface area (Å²) in [6, 6.07) is 10.7. The van der Waals surface area contributed by atoms with Gasteiger partial charge in [0.1, 0.15) is 12.4 Å². The van der Waals surface area contributed by atoms with Crippen LogP contribution in [0, 0.1) is 12.8 Å². The Morgan fingerprint density at radius 2 is 1.92 bits per heavy atom. The highest BCUT2D eigenvalue weighted by atomic mass is 16.5. The fourth-order valence-corrected chi connectivity index (χ4v) is 3.53. The molecule has 1 aliphatic carbocycles. The molecule has 1 saturated carbocycles. The standard InChI is InChI=1S/C22H30N2O/c1-15(2)13-22(4,23)14-25-21-8-7-18(12-20(21)17-5-6-17)19-9-10-24-16(3)11-19/h7-12,15,17H,5-6,13-14,23H2,1-4H3/t22-/m0/s1. The maximum Gasteiger partial charge on any atom is 0.122 e. The Kier molecular flexibility index (Phi) is 5.14. The summed E-state index contributed by atoms with van der Waals surface area (Å²) < 4.78 is 6.18. The van der Waals surface area contributed by atoms with E-state index in [0.717, 1.165) is 17.9 Å². The van der Waals surface area contributed by atoms with Gasteiger partial charge in [-0.2, -0.15) is 0 Å². The van der Waals surface area contributed by atoms with Crippen LogP contribution in [0.15, 0.2) is 36.5 Å². The lowest BCUT2D eigenvalue weighted by Gasteiger charge is -2.27. The monoisotopic (exact) mass is 338 g/mol. The fraction of sp³-hybridized carbons (Fsp3) is 0.500. The molecule has 3 rings (SSSR count). The van der Waals surface area contributed by atoms with Crippen molar-refractivity contribution in [2.45, 2.75) is 58.4 Å². The third kappa shape index (κ3) is 4.82. The molecule has 1 aliphatic rings. The molecular weight excluding hydrogens is 308 g/mol. The molecule has 3 heteroatoms. The first-order chi connectivity index (χ1) is 11.8. The van der Waals surface area contributed by atoms with Gasteiger partial charge < -0.3 is 10.5 Å². The van der Waals surface area contributed by atoms with Crippen molar-refractivity contribution in [2.24, 2.45) is 11.7 Å². The minimum Gasteiger partial charge on any atom is -0.491 e. The molecule has 2 N–H and O–H groups in total. The molecule has 0 saturated heterocycles. The highest BCUT2D eigenvalue weighted by molar-refractivity contribution is 5.66. The second-order valence-electron chi connectivity index (χ2n) is 8.25. The van der Waals surface area contributed by atoms with E-state index in [1.807, 2.05) is 13.1 Å². The van der Waals surface area contributed by atoms with Gasteiger partial charge in [0.2, 0.25) is 0 Å². The third-order valence-electron chi connectivity index (χ3n) is 4.69. The first kappa shape index (κ1) is 17.9. The number of nitrogens with two attached hydrogens (primary N) is 1. The highest BCUT2D eigenvalue weighted by Gasteiger charge is 2.28. The summed E-state index contributed by atoms with van der Waals surface area (Å²) in [6.07, 6.45) is 5.33. The normalized spacial score (nSPS) is 16.7. The van der Waals surface area contributed by atoms with Crippen molar-refractivity contribution in [2.75, 3.05) is 6.61 Å². The number of hydrogen-bond donors (Lipinski definition) is 1. The summed E-state index contributed by atoms with van der Waals surface area (Å²) in [5.41, 5.74) is 10.9. The van der Waals surface area contributed by atoms with E-state index in [2.05, 4.69) is 56.1 Å². The molecule has 3 nitrogen and oxygen atoms in total. The minimum absolute atomic E-state index is 0.296. The molecule has 1 heterocycles. The van der Waals surface area contributed by atoms with Crippen LogP contribution >= 0.6 is 0 Å². The van der Waals surface area contributed by atoms with E-state index >= 15 is 0 Å². The fourth-order valence-electron chi connectivity index (χ4n) is 3.53. The molecule has 1 aromatic heterocycles. The number of aromatic nitrogens is 1. The number of aryl methyl sites for hydroxylation is 1. The summed E-state index contributed by atoms with van der Waals surface area (Å²) in [7, 11) is 0. The number of rotatable bonds is 7. The lowest BCUT2D eigenvalue weighted by Crippen LogP contribution is -2.43. The predicted molar refractivity (Wildman–Crippen MR) is 104 cm³/mol. The van der Waals surface area contributed by atoms with Gasteiger partial charge in [0.05, 0.1) is 0 Å². The van der Waals surface area contributed by atoms with Crippen LogP contribution in [0.3, 0.4) is 0 Å². The predicted octanol–water partition coefficient (Wildman–Crippen LogP) is 5.08. The van der Waals surface area contributed by atoms with Gasteiger partial charge in [-0.05, 0) is 85.9 Å². The van der Waals surface area contributed by atoms with Crippen LogP contribution in [-0.4, -0.2) is 17.1 Å². The van der Waals surface area contributed by atoms with E-state index in [1.165, 1.54) is 29.5 Å². The molecule has 2 aromatic rings. The molecule has 0 unspecified atom stereocenters. The minimum atomic E-state index is -0.296. The Balaban J connectivity index is 1.81. The van der Waals surface area contributed by atoms with E-state index in [4.69, 9.17) is 10.5 Å². The smallest absolute Gasteiger partial charge is 0.122 e. The van der Waals surface area contributed by atoms with Gasteiger partial charge in [-0.15, -0.1) is 0 Å². The van der Waals surface area contributed by atoms with Gasteiger partial charge in [0.25, 0.3) is 0 Å². The van der Waals surface area contributed by atoms with Crippen molar-refractivity contribution in [3.8, 4) is 16.9 Å². The van der Waals surface area contributed by atoms with E-state index in [-0.39, 0.29) is 5.54 Å². The van der Waals surface area contributed by atoms with E-state index in [9.17, 15) is 0 Å². The molecular formula is C22H30N2O. The zero-order valence-corrected chi connectivity index (χ0v) is 15.9. The molecule has 0 radical (unpaired) electrons. The van der Waals surface area contributed by atoms with E-state index in [1.54, 1.807) is 0 Å². The summed E-state index contributed by atoms with van der Waals surface area (Å²) in [4.78, 5) is 4.29.